The molecular weight excluding hydrogens is 372 g/mol. The lowest BCUT2D eigenvalue weighted by Gasteiger charge is -2.34. The zero-order chi connectivity index (χ0) is 19.6. The second-order valence-electron chi connectivity index (χ2n) is 6.36. The van der Waals surface area contributed by atoms with Crippen molar-refractivity contribution in [3.8, 4) is 0 Å². The van der Waals surface area contributed by atoms with E-state index in [1.807, 2.05) is 0 Å². The number of nitrogens with one attached hydrogen (secondary N) is 1. The fraction of sp³-hybridized carbons (Fsp3) is 0.353. The molecule has 1 aromatic carbocycles. The van der Waals surface area contributed by atoms with Crippen LogP contribution in [0.3, 0.4) is 0 Å². The van der Waals surface area contributed by atoms with Crippen molar-refractivity contribution in [3.63, 3.8) is 0 Å². The molecule has 1 aromatic heterocycles. The van der Waals surface area contributed by atoms with Gasteiger partial charge in [0.15, 0.2) is 5.69 Å². The maximum absolute atomic E-state index is 12.6. The van der Waals surface area contributed by atoms with Crippen LogP contribution in [0.1, 0.15) is 26.6 Å². The molecule has 1 N–H and O–H groups in total. The highest BCUT2D eigenvalue weighted by Gasteiger charge is 2.27. The Morgan fingerprint density at radius 3 is 2.07 bits per heavy atom. The number of nitrogens with zero attached hydrogens (tertiary/aromatic N) is 3. The lowest BCUT2D eigenvalue weighted by Crippen LogP contribution is -2.50. The van der Waals surface area contributed by atoms with Gasteiger partial charge in [-0.25, -0.2) is 8.42 Å². The van der Waals surface area contributed by atoms with E-state index in [0.717, 1.165) is 6.26 Å². The highest BCUT2D eigenvalue weighted by Crippen LogP contribution is 2.15. The van der Waals surface area contributed by atoms with Crippen LogP contribution in [-0.4, -0.2) is 67.6 Å². The van der Waals surface area contributed by atoms with Crippen LogP contribution in [0.25, 0.3) is 0 Å². The summed E-state index contributed by atoms with van der Waals surface area (Å²) in [6.07, 6.45) is 1.06. The van der Waals surface area contributed by atoms with Crippen molar-refractivity contribution in [3.05, 3.63) is 47.3 Å². The Kier molecular flexibility index (Phi) is 5.17. The number of aromatic nitrogens is 1. The van der Waals surface area contributed by atoms with Gasteiger partial charge in [-0.2, -0.15) is 0 Å². The molecule has 9 nitrogen and oxygen atoms in total. The molecule has 2 heterocycles. The van der Waals surface area contributed by atoms with E-state index in [9.17, 15) is 18.0 Å². The summed E-state index contributed by atoms with van der Waals surface area (Å²) in [6, 6.07) is 7.82. The largest absolute Gasteiger partial charge is 0.361 e. The normalized spacial score (nSPS) is 14.9. The number of anilines is 1. The van der Waals surface area contributed by atoms with Gasteiger partial charge in [-0.15, -0.1) is 0 Å². The van der Waals surface area contributed by atoms with Crippen molar-refractivity contribution in [2.24, 2.45) is 0 Å². The van der Waals surface area contributed by atoms with Gasteiger partial charge < -0.3 is 14.3 Å². The average molecular weight is 392 g/mol. The summed E-state index contributed by atoms with van der Waals surface area (Å²) in [7, 11) is -3.36. The molecule has 0 unspecified atom stereocenters. The first kappa shape index (κ1) is 18.9. The van der Waals surface area contributed by atoms with Crippen LogP contribution in [-0.2, 0) is 10.0 Å². The lowest BCUT2D eigenvalue weighted by atomic mass is 10.1. The van der Waals surface area contributed by atoms with Gasteiger partial charge in [-0.05, 0) is 31.2 Å². The minimum absolute atomic E-state index is 0.162. The Morgan fingerprint density at radius 1 is 1.04 bits per heavy atom. The Bertz CT molecular complexity index is 944. The van der Waals surface area contributed by atoms with Crippen molar-refractivity contribution < 1.29 is 22.5 Å². The summed E-state index contributed by atoms with van der Waals surface area (Å²) < 4.78 is 29.7. The number of carbonyl (C=O) groups excluding carboxylic acids is 2. The molecular formula is C17H20N4O5S. The van der Waals surface area contributed by atoms with Crippen molar-refractivity contribution >= 4 is 27.5 Å². The van der Waals surface area contributed by atoms with Crippen molar-refractivity contribution in [1.82, 2.24) is 15.0 Å². The minimum Gasteiger partial charge on any atom is -0.361 e. The number of carbonyl (C=O) groups is 2. The first-order chi connectivity index (χ1) is 12.7. The van der Waals surface area contributed by atoms with Gasteiger partial charge in [0.05, 0.1) is 6.26 Å². The highest BCUT2D eigenvalue weighted by atomic mass is 32.2. The zero-order valence-electron chi connectivity index (χ0n) is 15.0. The van der Waals surface area contributed by atoms with Crippen LogP contribution in [0.4, 0.5) is 5.69 Å². The maximum Gasteiger partial charge on any atom is 0.276 e. The standard InChI is InChI=1S/C17H20N4O5S/c1-12-11-15(18-26-12)17(23)21-9-7-20(8-10-21)16(22)13-3-5-14(6-4-13)19-27(2,24)25/h3-6,11,19H,7-10H2,1-2H3. The van der Waals surface area contributed by atoms with Gasteiger partial charge in [0.1, 0.15) is 5.76 Å². The second kappa shape index (κ2) is 7.39. The van der Waals surface area contributed by atoms with Crippen LogP contribution in [0.2, 0.25) is 0 Å². The molecule has 0 spiro atoms. The summed E-state index contributed by atoms with van der Waals surface area (Å²) in [4.78, 5) is 28.3. The van der Waals surface area contributed by atoms with Crippen LogP contribution >= 0.6 is 0 Å². The summed E-state index contributed by atoms with van der Waals surface area (Å²) in [6.45, 7) is 3.35. The number of hydrogen-bond donors (Lipinski definition) is 1. The van der Waals surface area contributed by atoms with Gasteiger partial charge in [0, 0.05) is 43.5 Å². The first-order valence-corrected chi connectivity index (χ1v) is 10.2. The van der Waals surface area contributed by atoms with E-state index in [0.29, 0.717) is 43.2 Å². The second-order valence-corrected chi connectivity index (χ2v) is 8.11. The van der Waals surface area contributed by atoms with E-state index in [-0.39, 0.29) is 17.5 Å². The molecule has 1 saturated heterocycles. The summed E-state index contributed by atoms with van der Waals surface area (Å²) >= 11 is 0. The number of rotatable bonds is 4. The predicted molar refractivity (Wildman–Crippen MR) is 98.0 cm³/mol. The van der Waals surface area contributed by atoms with Crippen molar-refractivity contribution in [1.29, 1.82) is 0 Å². The molecule has 27 heavy (non-hydrogen) atoms. The first-order valence-electron chi connectivity index (χ1n) is 8.33. The third-order valence-corrected chi connectivity index (χ3v) is 4.74. The van der Waals surface area contributed by atoms with Gasteiger partial charge in [0.25, 0.3) is 11.8 Å². The Morgan fingerprint density at radius 2 is 1.59 bits per heavy atom. The number of amides is 2. The van der Waals surface area contributed by atoms with E-state index in [1.165, 1.54) is 0 Å². The zero-order valence-corrected chi connectivity index (χ0v) is 15.8. The summed E-state index contributed by atoms with van der Waals surface area (Å²) in [5, 5.41) is 3.73. The molecule has 3 rings (SSSR count). The molecule has 1 aliphatic heterocycles. The molecule has 0 aliphatic carbocycles. The minimum atomic E-state index is -3.36. The molecule has 0 radical (unpaired) electrons. The van der Waals surface area contributed by atoms with Crippen LogP contribution < -0.4 is 4.72 Å². The molecule has 0 bridgehead atoms. The van der Waals surface area contributed by atoms with E-state index < -0.39 is 10.0 Å². The van der Waals surface area contributed by atoms with Gasteiger partial charge in [-0.3, -0.25) is 14.3 Å². The number of sulfonamides is 1. The van der Waals surface area contributed by atoms with E-state index >= 15 is 0 Å². The fourth-order valence-corrected chi connectivity index (χ4v) is 3.38. The smallest absolute Gasteiger partial charge is 0.276 e. The van der Waals surface area contributed by atoms with Crippen molar-refractivity contribution in [2.75, 3.05) is 37.2 Å². The molecule has 2 aromatic rings. The Balaban J connectivity index is 1.59. The van der Waals surface area contributed by atoms with Gasteiger partial charge in [-0.1, -0.05) is 5.16 Å². The summed E-state index contributed by atoms with van der Waals surface area (Å²) in [5.74, 6) is 0.196. The Hall–Kier alpha value is -2.88. The van der Waals surface area contributed by atoms with Gasteiger partial charge >= 0.3 is 0 Å². The van der Waals surface area contributed by atoms with Crippen LogP contribution in [0, 0.1) is 6.92 Å². The molecule has 1 fully saturated rings. The summed E-state index contributed by atoms with van der Waals surface area (Å²) in [5.41, 5.74) is 1.12. The molecule has 0 saturated carbocycles. The van der Waals surface area contributed by atoms with Crippen LogP contribution in [0.5, 0.6) is 0 Å². The number of benzene rings is 1. The lowest BCUT2D eigenvalue weighted by molar-refractivity contribution is 0.0530. The van der Waals surface area contributed by atoms with E-state index in [4.69, 9.17) is 4.52 Å². The third-order valence-electron chi connectivity index (χ3n) is 4.14. The SMILES string of the molecule is Cc1cc(C(=O)N2CCN(C(=O)c3ccc(NS(C)(=O)=O)cc3)CC2)no1. The van der Waals surface area contributed by atoms with Crippen molar-refractivity contribution in [2.45, 2.75) is 6.92 Å². The Labute approximate surface area is 157 Å². The molecule has 2 amide bonds. The molecule has 0 atom stereocenters. The predicted octanol–water partition coefficient (Wildman–Crippen LogP) is 0.953. The molecule has 144 valence electrons. The third kappa shape index (κ3) is 4.64. The number of aryl methyl sites for hydroxylation is 1. The van der Waals surface area contributed by atoms with E-state index in [2.05, 4.69) is 9.88 Å². The fourth-order valence-electron chi connectivity index (χ4n) is 2.82. The molecule has 10 heteroatoms. The quantitative estimate of drug-likeness (QED) is 0.829. The van der Waals surface area contributed by atoms with E-state index in [1.54, 1.807) is 47.1 Å². The monoisotopic (exact) mass is 392 g/mol. The van der Waals surface area contributed by atoms with Crippen LogP contribution in [0.15, 0.2) is 34.9 Å². The topological polar surface area (TPSA) is 113 Å². The van der Waals surface area contributed by atoms with Gasteiger partial charge in [0.2, 0.25) is 10.0 Å². The molecule has 1 aliphatic rings. The number of hydrogen-bond acceptors (Lipinski definition) is 6. The highest BCUT2D eigenvalue weighted by molar-refractivity contribution is 7.92. The average Bonchev–Trinajstić information content (AvgIpc) is 3.06. The number of piperazine rings is 1. The maximum atomic E-state index is 12.6.